The van der Waals surface area contributed by atoms with Gasteiger partial charge in [-0.3, -0.25) is 0 Å². The number of hydrogen-bond acceptors (Lipinski definition) is 3. The van der Waals surface area contributed by atoms with E-state index in [0.29, 0.717) is 0 Å². The van der Waals surface area contributed by atoms with Gasteiger partial charge in [0, 0.05) is 0 Å². The molecule has 0 saturated heterocycles. The van der Waals surface area contributed by atoms with Gasteiger partial charge in [0.15, 0.2) is 0 Å². The van der Waals surface area contributed by atoms with E-state index in [4.69, 9.17) is 0 Å². The van der Waals surface area contributed by atoms with Crippen molar-refractivity contribution in [3.8, 4) is 0 Å². The van der Waals surface area contributed by atoms with Crippen LogP contribution in [0.25, 0.3) is 0 Å². The molecule has 0 aromatic heterocycles. The van der Waals surface area contributed by atoms with E-state index in [2.05, 4.69) is 4.74 Å². The van der Waals surface area contributed by atoms with Crippen LogP contribution in [0.2, 0.25) is 0 Å². The lowest BCUT2D eigenvalue weighted by Crippen LogP contribution is -2.02. The molecule has 0 aromatic rings. The van der Waals surface area contributed by atoms with Crippen LogP contribution in [0.4, 0.5) is 25.8 Å². The van der Waals surface area contributed by atoms with E-state index >= 15 is 0 Å². The second-order valence-electron chi connectivity index (χ2n) is 1.62. The topological polar surface area (TPSA) is 43.4 Å². The van der Waals surface area contributed by atoms with Crippen molar-refractivity contribution in [2.75, 3.05) is 0 Å². The monoisotopic (exact) mass is 242 g/mol. The Kier molecular flexibility index (Phi) is 3.98. The molecule has 0 rings (SSSR count). The lowest BCUT2D eigenvalue weighted by molar-refractivity contribution is 0.175. The zero-order valence-electron chi connectivity index (χ0n) is 5.90. The van der Waals surface area contributed by atoms with Gasteiger partial charge in [0.2, 0.25) is 0 Å². The highest BCUT2D eigenvalue weighted by Gasteiger charge is 2.28. The molecule has 0 fully saturated rings. The first-order valence-corrected chi connectivity index (χ1v) is 3.93. The Labute approximate surface area is 73.5 Å². The van der Waals surface area contributed by atoms with Crippen LogP contribution in [0.5, 0.6) is 0 Å². The van der Waals surface area contributed by atoms with Gasteiger partial charge in [-0.05, 0) is 0 Å². The maximum atomic E-state index is 11.8. The summed E-state index contributed by atoms with van der Waals surface area (Å²) in [5.41, 5.74) is 0. The minimum absolute atomic E-state index is 2.77. The van der Waals surface area contributed by atoms with E-state index in [-0.39, 0.29) is 0 Å². The Balaban J connectivity index is 5.17. The predicted octanol–water partition coefficient (Wildman–Crippen LogP) is 2.40. The summed E-state index contributed by atoms with van der Waals surface area (Å²) in [5.74, 6) is 0. The third-order valence-corrected chi connectivity index (χ3v) is 1.39. The second-order valence-corrected chi connectivity index (χ2v) is 2.87. The van der Waals surface area contributed by atoms with Gasteiger partial charge in [0.25, 0.3) is 0 Å². The Hall–Kier alpha value is -1.19. The molecular weight excluding hydrogens is 242 g/mol. The van der Waals surface area contributed by atoms with Crippen LogP contribution >= 0.6 is 0 Å². The zero-order valence-corrected chi connectivity index (χ0v) is 6.72. The first kappa shape index (κ1) is 12.8. The molecule has 0 amide bonds. The summed E-state index contributed by atoms with van der Waals surface area (Å²) in [7, 11) is -6.09. The molecule has 10 heteroatoms. The number of halogens is 6. The molecule has 14 heavy (non-hydrogen) atoms. The first-order valence-electron chi connectivity index (χ1n) is 2.54. The average Bonchev–Trinajstić information content (AvgIpc) is 1.96. The maximum absolute atomic E-state index is 11.8. The minimum Gasteiger partial charge on any atom is -0.408 e. The van der Waals surface area contributed by atoms with Gasteiger partial charge in [0.1, 0.15) is 0 Å². The Morgan fingerprint density at radius 3 is 1.57 bits per heavy atom. The van der Waals surface area contributed by atoms with Crippen molar-refractivity contribution < 1.29 is 39.0 Å². The van der Waals surface area contributed by atoms with Crippen LogP contribution in [-0.4, -0.2) is 8.42 Å². The zero-order chi connectivity index (χ0) is 11.5. The molecule has 0 N–H and O–H groups in total. The fourth-order valence-corrected chi connectivity index (χ4v) is 0.657. The van der Waals surface area contributed by atoms with Crippen molar-refractivity contribution in [3.05, 3.63) is 23.3 Å². The molecule has 0 spiro atoms. The van der Waals surface area contributed by atoms with Crippen molar-refractivity contribution >= 4 is 10.2 Å². The van der Waals surface area contributed by atoms with Crippen molar-refractivity contribution in [2.24, 2.45) is 0 Å². The fraction of sp³-hybridized carbons (Fsp3) is 0. The number of hydrogen-bond donors (Lipinski definition) is 0. The molecule has 82 valence electrons. The van der Waals surface area contributed by atoms with Crippen LogP contribution in [0, 0.1) is 0 Å². The van der Waals surface area contributed by atoms with E-state index < -0.39 is 33.5 Å². The molecule has 0 saturated carbocycles. The van der Waals surface area contributed by atoms with Crippen molar-refractivity contribution in [1.82, 2.24) is 0 Å². The molecule has 3 nitrogen and oxygen atoms in total. The van der Waals surface area contributed by atoms with Crippen LogP contribution in [0.3, 0.4) is 0 Å². The average molecular weight is 242 g/mol. The molecule has 0 aromatic carbocycles. The summed E-state index contributed by atoms with van der Waals surface area (Å²) in [4.78, 5) is 0. The largest absolute Gasteiger partial charge is 0.408 e. The molecule has 0 aliphatic heterocycles. The second kappa shape index (κ2) is 4.35. The summed E-state index contributed by atoms with van der Waals surface area (Å²) < 4.78 is 91.4. The third-order valence-electron chi connectivity index (χ3n) is 0.707. The van der Waals surface area contributed by atoms with Gasteiger partial charge < -0.3 is 4.74 Å². The van der Waals surface area contributed by atoms with Crippen LogP contribution in [-0.2, 0) is 15.0 Å². The Bertz CT molecular complexity index is 374. The summed E-state index contributed by atoms with van der Waals surface area (Å²) in [6.07, 6.45) is -6.49. The van der Waals surface area contributed by atoms with Gasteiger partial charge in [-0.1, -0.05) is 3.89 Å². The summed E-state index contributed by atoms with van der Waals surface area (Å²) >= 11 is 0. The molecule has 0 aliphatic rings. The molecule has 0 aliphatic carbocycles. The SMILES string of the molecule is O=S(=O)(F)C(OC(F)=C(F)F)=C(F)F. The Morgan fingerprint density at radius 2 is 1.36 bits per heavy atom. The van der Waals surface area contributed by atoms with Crippen LogP contribution < -0.4 is 0 Å². The summed E-state index contributed by atoms with van der Waals surface area (Å²) in [6, 6.07) is -2.92. The lowest BCUT2D eigenvalue weighted by Gasteiger charge is -2.00. The molecular formula is C4F6O3S. The predicted molar refractivity (Wildman–Crippen MR) is 30.7 cm³/mol. The molecule has 0 radical (unpaired) electrons. The summed E-state index contributed by atoms with van der Waals surface area (Å²) in [6.45, 7) is 0. The highest BCUT2D eigenvalue weighted by atomic mass is 32.3. The van der Waals surface area contributed by atoms with Gasteiger partial charge in [0.05, 0.1) is 0 Å². The van der Waals surface area contributed by atoms with Crippen LogP contribution in [0.1, 0.15) is 0 Å². The van der Waals surface area contributed by atoms with Crippen molar-refractivity contribution in [1.29, 1.82) is 0 Å². The van der Waals surface area contributed by atoms with Gasteiger partial charge in [-0.2, -0.15) is 30.4 Å². The van der Waals surface area contributed by atoms with Crippen molar-refractivity contribution in [2.45, 2.75) is 0 Å². The maximum Gasteiger partial charge on any atom is 0.371 e. The first-order chi connectivity index (χ1) is 6.16. The number of ether oxygens (including phenoxy) is 1. The fourth-order valence-electron chi connectivity index (χ4n) is 0.300. The van der Waals surface area contributed by atoms with Crippen molar-refractivity contribution in [3.63, 3.8) is 0 Å². The van der Waals surface area contributed by atoms with Crippen LogP contribution in [0.15, 0.2) is 23.3 Å². The standard InChI is InChI=1S/C4F6O3S/c5-1(6)3(9)13-4(2(7)8)14(10,11)12. The Morgan fingerprint density at radius 1 is 0.929 bits per heavy atom. The smallest absolute Gasteiger partial charge is 0.371 e. The van der Waals surface area contributed by atoms with E-state index in [0.717, 1.165) is 0 Å². The normalized spacial score (nSPS) is 10.7. The number of rotatable bonds is 3. The lowest BCUT2D eigenvalue weighted by atomic mass is 10.9. The van der Waals surface area contributed by atoms with E-state index in [1.165, 1.54) is 0 Å². The molecule has 0 atom stereocenters. The van der Waals surface area contributed by atoms with Gasteiger partial charge >= 0.3 is 33.5 Å². The summed E-state index contributed by atoms with van der Waals surface area (Å²) in [5, 5.41) is -2.80. The molecule has 0 bridgehead atoms. The highest BCUT2D eigenvalue weighted by molar-refractivity contribution is 7.90. The minimum atomic E-state index is -6.09. The quantitative estimate of drug-likeness (QED) is 0.433. The van der Waals surface area contributed by atoms with E-state index in [1.54, 1.807) is 0 Å². The molecule has 0 heterocycles. The molecule has 0 unspecified atom stereocenters. The van der Waals surface area contributed by atoms with E-state index in [1.807, 2.05) is 0 Å². The highest BCUT2D eigenvalue weighted by Crippen LogP contribution is 2.23. The van der Waals surface area contributed by atoms with Gasteiger partial charge in [-0.15, -0.1) is 0 Å². The van der Waals surface area contributed by atoms with E-state index in [9.17, 15) is 34.3 Å². The van der Waals surface area contributed by atoms with Gasteiger partial charge in [-0.25, -0.2) is 0 Å². The third kappa shape index (κ3) is 3.68.